The minimum absolute atomic E-state index is 0.323. The van der Waals surface area contributed by atoms with Gasteiger partial charge in [0.25, 0.3) is 0 Å². The Labute approximate surface area is 105 Å². The van der Waals surface area contributed by atoms with Crippen LogP contribution in [0, 0.1) is 0 Å². The van der Waals surface area contributed by atoms with E-state index < -0.39 is 0 Å². The highest BCUT2D eigenvalue weighted by atomic mass is 16.2. The lowest BCUT2D eigenvalue weighted by Crippen LogP contribution is -2.27. The van der Waals surface area contributed by atoms with Crippen LogP contribution in [0.3, 0.4) is 0 Å². The molecule has 1 aromatic rings. The highest BCUT2D eigenvalue weighted by Crippen LogP contribution is 2.04. The van der Waals surface area contributed by atoms with Crippen LogP contribution in [-0.2, 0) is 6.42 Å². The van der Waals surface area contributed by atoms with Gasteiger partial charge in [0.05, 0.1) is 0 Å². The minimum atomic E-state index is 0.323. The molecule has 2 heteroatoms. The summed E-state index contributed by atoms with van der Waals surface area (Å²) in [5.74, 6) is 0. The number of rotatable bonds is 9. The van der Waals surface area contributed by atoms with E-state index in [1.807, 2.05) is 0 Å². The minimum Gasteiger partial charge on any atom is -0.396 e. The molecule has 0 saturated carbocycles. The first-order valence-corrected chi connectivity index (χ1v) is 6.71. The maximum Gasteiger partial charge on any atom is 0.0431 e. The zero-order chi connectivity index (χ0) is 12.3. The lowest BCUT2D eigenvalue weighted by molar-refractivity contribution is 0.282. The summed E-state index contributed by atoms with van der Waals surface area (Å²) in [6.07, 6.45) is 5.54. The molecule has 1 atom stereocenters. The summed E-state index contributed by atoms with van der Waals surface area (Å²) >= 11 is 0. The molecule has 0 radical (unpaired) electrons. The second kappa shape index (κ2) is 9.20. The van der Waals surface area contributed by atoms with Gasteiger partial charge in [-0.05, 0) is 51.1 Å². The number of aliphatic hydroxyl groups is 1. The molecule has 1 unspecified atom stereocenters. The Morgan fingerprint density at radius 2 is 1.88 bits per heavy atom. The third kappa shape index (κ3) is 7.14. The summed E-state index contributed by atoms with van der Waals surface area (Å²) in [6, 6.07) is 11.2. The van der Waals surface area contributed by atoms with Crippen LogP contribution in [0.5, 0.6) is 0 Å². The lowest BCUT2D eigenvalue weighted by Gasteiger charge is -2.13. The van der Waals surface area contributed by atoms with Gasteiger partial charge in [0.2, 0.25) is 0 Å². The van der Waals surface area contributed by atoms with E-state index in [1.54, 1.807) is 0 Å². The van der Waals surface area contributed by atoms with Crippen molar-refractivity contribution in [2.45, 2.75) is 45.1 Å². The van der Waals surface area contributed by atoms with Crippen LogP contribution >= 0.6 is 0 Å². The zero-order valence-corrected chi connectivity index (χ0v) is 10.9. The van der Waals surface area contributed by atoms with Gasteiger partial charge in [0, 0.05) is 12.6 Å². The SMILES string of the molecule is CC(CCc1ccccc1)NCCCCCO. The first kappa shape index (κ1) is 14.2. The fourth-order valence-corrected chi connectivity index (χ4v) is 1.89. The van der Waals surface area contributed by atoms with Gasteiger partial charge in [-0.3, -0.25) is 0 Å². The van der Waals surface area contributed by atoms with Gasteiger partial charge >= 0.3 is 0 Å². The van der Waals surface area contributed by atoms with Crippen LogP contribution in [0.15, 0.2) is 30.3 Å². The van der Waals surface area contributed by atoms with Gasteiger partial charge in [-0.2, -0.15) is 0 Å². The van der Waals surface area contributed by atoms with Gasteiger partial charge in [-0.15, -0.1) is 0 Å². The molecule has 0 saturated heterocycles. The normalized spacial score (nSPS) is 12.6. The van der Waals surface area contributed by atoms with Gasteiger partial charge in [-0.1, -0.05) is 30.3 Å². The van der Waals surface area contributed by atoms with Crippen molar-refractivity contribution in [3.8, 4) is 0 Å². The smallest absolute Gasteiger partial charge is 0.0431 e. The number of nitrogens with one attached hydrogen (secondary N) is 1. The van der Waals surface area contributed by atoms with Crippen molar-refractivity contribution in [3.63, 3.8) is 0 Å². The second-order valence-electron chi connectivity index (χ2n) is 4.66. The summed E-state index contributed by atoms with van der Waals surface area (Å²) in [6.45, 7) is 3.63. The summed E-state index contributed by atoms with van der Waals surface area (Å²) in [7, 11) is 0. The van der Waals surface area contributed by atoms with Crippen LogP contribution in [0.2, 0.25) is 0 Å². The highest BCUT2D eigenvalue weighted by Gasteiger charge is 2.01. The Bertz CT molecular complexity index is 274. The topological polar surface area (TPSA) is 32.3 Å². The largest absolute Gasteiger partial charge is 0.396 e. The molecule has 0 fully saturated rings. The fraction of sp³-hybridized carbons (Fsp3) is 0.600. The molecule has 0 aliphatic rings. The molecule has 1 rings (SSSR count). The molecule has 0 spiro atoms. The number of hydrogen-bond donors (Lipinski definition) is 2. The number of aliphatic hydroxyl groups excluding tert-OH is 1. The molecule has 2 nitrogen and oxygen atoms in total. The van der Waals surface area contributed by atoms with Crippen molar-refractivity contribution in [1.82, 2.24) is 5.32 Å². The predicted octanol–water partition coefficient (Wildman–Crippen LogP) is 2.76. The Kier molecular flexibility index (Phi) is 7.69. The Hall–Kier alpha value is -0.860. The summed E-state index contributed by atoms with van der Waals surface area (Å²) < 4.78 is 0. The standard InChI is InChI=1S/C15H25NO/c1-14(16-12-6-3-7-13-17)10-11-15-8-4-2-5-9-15/h2,4-5,8-9,14,16-17H,3,6-7,10-13H2,1H3. The van der Waals surface area contributed by atoms with E-state index in [9.17, 15) is 0 Å². The molecule has 0 amide bonds. The van der Waals surface area contributed by atoms with E-state index in [2.05, 4.69) is 42.6 Å². The monoisotopic (exact) mass is 235 g/mol. The average molecular weight is 235 g/mol. The first-order valence-electron chi connectivity index (χ1n) is 6.71. The van der Waals surface area contributed by atoms with Crippen molar-refractivity contribution in [1.29, 1.82) is 0 Å². The predicted molar refractivity (Wildman–Crippen MR) is 73.2 cm³/mol. The Morgan fingerprint density at radius 1 is 1.12 bits per heavy atom. The maximum atomic E-state index is 8.66. The van der Waals surface area contributed by atoms with Crippen LogP contribution in [-0.4, -0.2) is 24.3 Å². The van der Waals surface area contributed by atoms with Crippen LogP contribution in [0.4, 0.5) is 0 Å². The third-order valence-corrected chi connectivity index (χ3v) is 3.04. The van der Waals surface area contributed by atoms with Crippen LogP contribution < -0.4 is 5.32 Å². The van der Waals surface area contributed by atoms with Gasteiger partial charge in [0.15, 0.2) is 0 Å². The average Bonchev–Trinajstić information content (AvgIpc) is 2.37. The number of hydrogen-bond acceptors (Lipinski definition) is 2. The van der Waals surface area contributed by atoms with Crippen molar-refractivity contribution < 1.29 is 5.11 Å². The Morgan fingerprint density at radius 3 is 2.59 bits per heavy atom. The quantitative estimate of drug-likeness (QED) is 0.645. The maximum absolute atomic E-state index is 8.66. The fourth-order valence-electron chi connectivity index (χ4n) is 1.89. The molecule has 0 aliphatic carbocycles. The van der Waals surface area contributed by atoms with Gasteiger partial charge < -0.3 is 10.4 Å². The number of aryl methyl sites for hydroxylation is 1. The molecular weight excluding hydrogens is 210 g/mol. The molecule has 2 N–H and O–H groups in total. The van der Waals surface area contributed by atoms with E-state index in [0.29, 0.717) is 12.6 Å². The molecular formula is C15H25NO. The second-order valence-corrected chi connectivity index (χ2v) is 4.66. The van der Waals surface area contributed by atoms with Crippen molar-refractivity contribution in [2.75, 3.05) is 13.2 Å². The first-order chi connectivity index (χ1) is 8.33. The van der Waals surface area contributed by atoms with E-state index in [4.69, 9.17) is 5.11 Å². The van der Waals surface area contributed by atoms with E-state index >= 15 is 0 Å². The molecule has 0 heterocycles. The number of unbranched alkanes of at least 4 members (excludes halogenated alkanes) is 2. The molecule has 1 aromatic carbocycles. The number of benzene rings is 1. The van der Waals surface area contributed by atoms with E-state index in [0.717, 1.165) is 32.2 Å². The summed E-state index contributed by atoms with van der Waals surface area (Å²) in [4.78, 5) is 0. The lowest BCUT2D eigenvalue weighted by atomic mass is 10.1. The van der Waals surface area contributed by atoms with E-state index in [1.165, 1.54) is 12.0 Å². The highest BCUT2D eigenvalue weighted by molar-refractivity contribution is 5.14. The van der Waals surface area contributed by atoms with E-state index in [-0.39, 0.29) is 0 Å². The molecule has 17 heavy (non-hydrogen) atoms. The van der Waals surface area contributed by atoms with Gasteiger partial charge in [-0.25, -0.2) is 0 Å². The summed E-state index contributed by atoms with van der Waals surface area (Å²) in [5, 5.41) is 12.2. The zero-order valence-electron chi connectivity index (χ0n) is 10.9. The third-order valence-electron chi connectivity index (χ3n) is 3.04. The van der Waals surface area contributed by atoms with Crippen LogP contribution in [0.25, 0.3) is 0 Å². The van der Waals surface area contributed by atoms with Crippen molar-refractivity contribution >= 4 is 0 Å². The Balaban J connectivity index is 2.03. The van der Waals surface area contributed by atoms with Gasteiger partial charge in [0.1, 0.15) is 0 Å². The molecule has 96 valence electrons. The summed E-state index contributed by atoms with van der Waals surface area (Å²) in [5.41, 5.74) is 1.42. The van der Waals surface area contributed by atoms with Crippen molar-refractivity contribution in [3.05, 3.63) is 35.9 Å². The molecule has 0 aliphatic heterocycles. The molecule has 0 bridgehead atoms. The van der Waals surface area contributed by atoms with Crippen LogP contribution in [0.1, 0.15) is 38.2 Å². The van der Waals surface area contributed by atoms with Crippen molar-refractivity contribution in [2.24, 2.45) is 0 Å². The molecule has 0 aromatic heterocycles.